The van der Waals surface area contributed by atoms with Crippen molar-refractivity contribution < 1.29 is 4.79 Å². The van der Waals surface area contributed by atoms with E-state index in [2.05, 4.69) is 28.7 Å². The standard InChI is InChI=1S/C22H17N3OS3/c1-27-22-17-15(19(29-22)20(26)24-14-8-5-11-23-12-14)9-10-16-18(17)25-21(28-16)13-6-3-2-4-7-13/h2-8,11-12H,9-10H2,1H3,(H,24,26). The highest BCUT2D eigenvalue weighted by Crippen LogP contribution is 2.48. The number of carbonyl (C=O) groups excluding carboxylic acids is 1. The summed E-state index contributed by atoms with van der Waals surface area (Å²) in [5.41, 5.74) is 5.18. The van der Waals surface area contributed by atoms with Gasteiger partial charge in [0.1, 0.15) is 5.01 Å². The molecule has 3 heterocycles. The lowest BCUT2D eigenvalue weighted by atomic mass is 9.95. The Bertz CT molecular complexity index is 1180. The molecule has 29 heavy (non-hydrogen) atoms. The molecule has 1 N–H and O–H groups in total. The van der Waals surface area contributed by atoms with Gasteiger partial charge in [0.15, 0.2) is 0 Å². The molecule has 0 atom stereocenters. The van der Waals surface area contributed by atoms with E-state index in [1.807, 2.05) is 30.3 Å². The number of thiophene rings is 1. The van der Waals surface area contributed by atoms with Crippen molar-refractivity contribution in [2.45, 2.75) is 17.1 Å². The minimum Gasteiger partial charge on any atom is -0.320 e. The Kier molecular flexibility index (Phi) is 4.95. The number of aryl methyl sites for hydroxylation is 1. The number of rotatable bonds is 4. The first-order chi connectivity index (χ1) is 14.2. The van der Waals surface area contributed by atoms with E-state index >= 15 is 0 Å². The Labute approximate surface area is 181 Å². The van der Waals surface area contributed by atoms with Crippen molar-refractivity contribution in [2.24, 2.45) is 0 Å². The number of hydrogen-bond acceptors (Lipinski definition) is 6. The van der Waals surface area contributed by atoms with Crippen LogP contribution in [0, 0.1) is 0 Å². The molecular weight excluding hydrogens is 418 g/mol. The van der Waals surface area contributed by atoms with E-state index in [1.54, 1.807) is 46.8 Å². The molecule has 0 spiro atoms. The third-order valence-electron chi connectivity index (χ3n) is 4.84. The number of anilines is 1. The number of thiazole rings is 1. The first-order valence-corrected chi connectivity index (χ1v) is 12.1. The van der Waals surface area contributed by atoms with Crippen molar-refractivity contribution in [1.82, 2.24) is 9.97 Å². The van der Waals surface area contributed by atoms with E-state index in [0.29, 0.717) is 5.69 Å². The van der Waals surface area contributed by atoms with Gasteiger partial charge in [0, 0.05) is 22.2 Å². The van der Waals surface area contributed by atoms with Gasteiger partial charge >= 0.3 is 0 Å². The molecule has 0 saturated heterocycles. The Balaban J connectivity index is 1.56. The lowest BCUT2D eigenvalue weighted by Crippen LogP contribution is -2.13. The Morgan fingerprint density at radius 1 is 1.10 bits per heavy atom. The highest BCUT2D eigenvalue weighted by atomic mass is 32.2. The maximum atomic E-state index is 13.0. The number of nitrogens with one attached hydrogen (secondary N) is 1. The van der Waals surface area contributed by atoms with Gasteiger partial charge in [0.25, 0.3) is 5.91 Å². The van der Waals surface area contributed by atoms with Crippen LogP contribution >= 0.6 is 34.4 Å². The van der Waals surface area contributed by atoms with E-state index in [0.717, 1.165) is 49.3 Å². The molecule has 0 saturated carbocycles. The largest absolute Gasteiger partial charge is 0.320 e. The molecule has 0 unspecified atom stereocenters. The SMILES string of the molecule is CSc1sc(C(=O)Nc2cccnc2)c2c1-c1nc(-c3ccccc3)sc1CC2. The normalized spacial score (nSPS) is 12.3. The topological polar surface area (TPSA) is 54.9 Å². The number of benzene rings is 1. The van der Waals surface area contributed by atoms with E-state index in [4.69, 9.17) is 4.98 Å². The number of carbonyl (C=O) groups is 1. The van der Waals surface area contributed by atoms with Gasteiger partial charge in [-0.3, -0.25) is 9.78 Å². The van der Waals surface area contributed by atoms with Crippen molar-refractivity contribution in [1.29, 1.82) is 0 Å². The second-order valence-corrected chi connectivity index (χ2v) is 9.81. The van der Waals surface area contributed by atoms with Crippen LogP contribution in [0.2, 0.25) is 0 Å². The monoisotopic (exact) mass is 435 g/mol. The number of hydrogen-bond donors (Lipinski definition) is 1. The molecule has 0 radical (unpaired) electrons. The van der Waals surface area contributed by atoms with Crippen LogP contribution in [0.5, 0.6) is 0 Å². The average molecular weight is 436 g/mol. The van der Waals surface area contributed by atoms with E-state index in [-0.39, 0.29) is 5.91 Å². The summed E-state index contributed by atoms with van der Waals surface area (Å²) in [5, 5.41) is 4.03. The highest BCUT2D eigenvalue weighted by molar-refractivity contribution is 8.00. The van der Waals surface area contributed by atoms with Gasteiger partial charge in [0.05, 0.1) is 26.7 Å². The molecule has 144 valence electrons. The zero-order valence-electron chi connectivity index (χ0n) is 15.6. The van der Waals surface area contributed by atoms with Crippen molar-refractivity contribution in [3.63, 3.8) is 0 Å². The molecular formula is C22H17N3OS3. The number of amides is 1. The van der Waals surface area contributed by atoms with Crippen molar-refractivity contribution in [3.05, 3.63) is 70.2 Å². The van der Waals surface area contributed by atoms with Gasteiger partial charge in [-0.1, -0.05) is 30.3 Å². The fourth-order valence-electron chi connectivity index (χ4n) is 3.53. The summed E-state index contributed by atoms with van der Waals surface area (Å²) in [6.45, 7) is 0. The van der Waals surface area contributed by atoms with Gasteiger partial charge < -0.3 is 5.32 Å². The van der Waals surface area contributed by atoms with Crippen LogP contribution in [0.15, 0.2) is 59.1 Å². The second-order valence-electron chi connectivity index (χ2n) is 6.63. The van der Waals surface area contributed by atoms with Crippen LogP contribution in [-0.4, -0.2) is 22.1 Å². The minimum absolute atomic E-state index is 0.0680. The van der Waals surface area contributed by atoms with E-state index in [9.17, 15) is 4.79 Å². The summed E-state index contributed by atoms with van der Waals surface area (Å²) in [4.78, 5) is 24.2. The molecule has 1 aromatic carbocycles. The quantitative estimate of drug-likeness (QED) is 0.399. The molecule has 4 aromatic rings. The minimum atomic E-state index is -0.0680. The van der Waals surface area contributed by atoms with Crippen molar-refractivity contribution >= 4 is 46.0 Å². The summed E-state index contributed by atoms with van der Waals surface area (Å²) >= 11 is 5.02. The third kappa shape index (κ3) is 3.39. The molecule has 1 amide bonds. The van der Waals surface area contributed by atoms with Gasteiger partial charge in [-0.05, 0) is 36.8 Å². The highest BCUT2D eigenvalue weighted by Gasteiger charge is 2.30. The van der Waals surface area contributed by atoms with Crippen molar-refractivity contribution in [3.8, 4) is 21.8 Å². The molecule has 3 aromatic heterocycles. The number of aromatic nitrogens is 2. The van der Waals surface area contributed by atoms with E-state index in [1.165, 1.54) is 4.88 Å². The van der Waals surface area contributed by atoms with Gasteiger partial charge in [-0.2, -0.15) is 0 Å². The summed E-state index contributed by atoms with van der Waals surface area (Å²) < 4.78 is 1.15. The fourth-order valence-corrected chi connectivity index (χ4v) is 6.59. The van der Waals surface area contributed by atoms with Gasteiger partial charge in [0.2, 0.25) is 0 Å². The molecule has 1 aliphatic rings. The van der Waals surface area contributed by atoms with Crippen LogP contribution in [0.25, 0.3) is 21.8 Å². The average Bonchev–Trinajstić information content (AvgIpc) is 3.36. The van der Waals surface area contributed by atoms with E-state index < -0.39 is 0 Å². The Hall–Kier alpha value is -2.48. The first-order valence-electron chi connectivity index (χ1n) is 9.21. The molecule has 1 aliphatic carbocycles. The third-order valence-corrected chi connectivity index (χ3v) is 8.36. The summed E-state index contributed by atoms with van der Waals surface area (Å²) in [5.74, 6) is -0.0680. The molecule has 7 heteroatoms. The summed E-state index contributed by atoms with van der Waals surface area (Å²) in [6.07, 6.45) is 7.21. The Morgan fingerprint density at radius 2 is 1.97 bits per heavy atom. The molecule has 0 aliphatic heterocycles. The summed E-state index contributed by atoms with van der Waals surface area (Å²) in [7, 11) is 0. The molecule has 0 bridgehead atoms. The zero-order valence-corrected chi connectivity index (χ0v) is 18.1. The molecule has 5 rings (SSSR count). The van der Waals surface area contributed by atoms with Crippen LogP contribution in [-0.2, 0) is 12.8 Å². The number of fused-ring (bicyclic) bond motifs is 3. The fraction of sp³-hybridized carbons (Fsp3) is 0.136. The first kappa shape index (κ1) is 18.5. The smallest absolute Gasteiger partial charge is 0.266 e. The van der Waals surface area contributed by atoms with Gasteiger partial charge in [-0.25, -0.2) is 4.98 Å². The van der Waals surface area contributed by atoms with Gasteiger partial charge in [-0.15, -0.1) is 34.4 Å². The predicted octanol–water partition coefficient (Wildman–Crippen LogP) is 6.01. The van der Waals surface area contributed by atoms with Crippen LogP contribution < -0.4 is 5.32 Å². The number of pyridine rings is 1. The number of nitrogens with zero attached hydrogens (tertiary/aromatic N) is 2. The zero-order chi connectivity index (χ0) is 19.8. The molecule has 0 fully saturated rings. The maximum Gasteiger partial charge on any atom is 0.266 e. The molecule has 4 nitrogen and oxygen atoms in total. The van der Waals surface area contributed by atoms with Crippen LogP contribution in [0.1, 0.15) is 20.1 Å². The Morgan fingerprint density at radius 3 is 2.72 bits per heavy atom. The lowest BCUT2D eigenvalue weighted by Gasteiger charge is -2.13. The summed E-state index contributed by atoms with van der Waals surface area (Å²) in [6, 6.07) is 14.0. The van der Waals surface area contributed by atoms with Crippen LogP contribution in [0.4, 0.5) is 5.69 Å². The van der Waals surface area contributed by atoms with Crippen molar-refractivity contribution in [2.75, 3.05) is 11.6 Å². The maximum absolute atomic E-state index is 13.0. The second kappa shape index (κ2) is 7.74. The predicted molar refractivity (Wildman–Crippen MR) is 122 cm³/mol. The number of thioether (sulfide) groups is 1. The van der Waals surface area contributed by atoms with Crippen LogP contribution in [0.3, 0.4) is 0 Å². The lowest BCUT2D eigenvalue weighted by molar-refractivity contribution is 0.102.